The van der Waals surface area contributed by atoms with Gasteiger partial charge in [-0.1, -0.05) is 0 Å². The lowest BCUT2D eigenvalue weighted by Crippen LogP contribution is -2.43. The van der Waals surface area contributed by atoms with E-state index in [2.05, 4.69) is 5.32 Å². The van der Waals surface area contributed by atoms with E-state index in [1.807, 2.05) is 0 Å². The largest absolute Gasteiger partial charge is 0.466 e. The van der Waals surface area contributed by atoms with Crippen molar-refractivity contribution in [3.05, 3.63) is 51.5 Å². The number of benzene rings is 1. The summed E-state index contributed by atoms with van der Waals surface area (Å²) in [6.07, 6.45) is 0. The number of allylic oxidation sites excluding steroid dienone is 1. The van der Waals surface area contributed by atoms with Crippen molar-refractivity contribution in [3.63, 3.8) is 0 Å². The Morgan fingerprint density at radius 2 is 1.49 bits per heavy atom. The first kappa shape index (κ1) is 28.2. The van der Waals surface area contributed by atoms with Gasteiger partial charge in [0.2, 0.25) is 5.82 Å². The van der Waals surface area contributed by atoms with Crippen molar-refractivity contribution in [2.24, 2.45) is 5.73 Å². The average molecular weight is 508 g/mol. The van der Waals surface area contributed by atoms with Crippen LogP contribution in [0, 0.1) is 29.1 Å². The molecule has 1 aliphatic rings. The molecule has 35 heavy (non-hydrogen) atoms. The summed E-state index contributed by atoms with van der Waals surface area (Å²) in [5.74, 6) is -13.7. The fourth-order valence-corrected chi connectivity index (χ4v) is 3.43. The van der Waals surface area contributed by atoms with Gasteiger partial charge in [-0.25, -0.2) is 31.5 Å². The first-order valence-electron chi connectivity index (χ1n) is 10.5. The number of carbonyl (C=O) groups is 2. The fraction of sp³-hybridized carbons (Fsp3) is 0.455. The Balaban J connectivity index is 2.74. The van der Waals surface area contributed by atoms with Gasteiger partial charge in [-0.2, -0.15) is 0 Å². The van der Waals surface area contributed by atoms with E-state index >= 15 is 0 Å². The van der Waals surface area contributed by atoms with Crippen LogP contribution < -0.4 is 11.1 Å². The summed E-state index contributed by atoms with van der Waals surface area (Å²) in [6, 6.07) is -1.19. The van der Waals surface area contributed by atoms with E-state index in [0.29, 0.717) is 0 Å². The number of nitrogens with one attached hydrogen (secondary N) is 1. The molecule has 0 fully saturated rings. The van der Waals surface area contributed by atoms with Crippen molar-refractivity contribution >= 4 is 17.5 Å². The third-order valence-electron chi connectivity index (χ3n) is 4.90. The quantitative estimate of drug-likeness (QED) is 0.154. The van der Waals surface area contributed by atoms with Crippen LogP contribution in [0.4, 0.5) is 22.0 Å². The van der Waals surface area contributed by atoms with Crippen molar-refractivity contribution in [1.29, 1.82) is 0 Å². The monoisotopic (exact) mass is 508 g/mol. The average Bonchev–Trinajstić information content (AvgIpc) is 2.83. The molecule has 3 N–H and O–H groups in total. The summed E-state index contributed by atoms with van der Waals surface area (Å²) in [5, 5.41) is 2.78. The molecule has 1 aromatic rings. The molecule has 13 heteroatoms. The van der Waals surface area contributed by atoms with Crippen LogP contribution in [0.2, 0.25) is 0 Å². The minimum Gasteiger partial charge on any atom is -0.466 e. The van der Waals surface area contributed by atoms with Crippen LogP contribution in [-0.2, 0) is 28.5 Å². The third-order valence-corrected chi connectivity index (χ3v) is 4.90. The second-order valence-corrected chi connectivity index (χ2v) is 7.12. The Morgan fingerprint density at radius 3 is 2.03 bits per heavy atom. The van der Waals surface area contributed by atoms with Crippen molar-refractivity contribution in [2.45, 2.75) is 19.9 Å². The smallest absolute Gasteiger partial charge is 0.340 e. The second kappa shape index (κ2) is 12.6. The standard InChI is InChI=1S/C22H25F5N2O6/c1-4-35-22(31)12-10(2)29-11(9-34-8-7-33-6-5-28)13(21(30)32-3)14(12)15-16(23)18(25)20(27)19(26)17(15)24/h11,29H,4-9,28H2,1-3H3. The Kier molecular flexibility index (Phi) is 10.2. The minimum absolute atomic E-state index is 0.0258. The number of ether oxygens (including phenoxy) is 4. The molecule has 1 aliphatic heterocycles. The lowest BCUT2D eigenvalue weighted by molar-refractivity contribution is -0.138. The van der Waals surface area contributed by atoms with Crippen molar-refractivity contribution in [2.75, 3.05) is 46.7 Å². The Hall–Kier alpha value is -3.03. The SMILES string of the molecule is CCOC(=O)C1=C(C)NC(COCCOCCN)C(C(=O)OC)=C1c1c(F)c(F)c(F)c(F)c1F. The number of hydrogen-bond acceptors (Lipinski definition) is 8. The zero-order chi connectivity index (χ0) is 26.3. The van der Waals surface area contributed by atoms with Gasteiger partial charge in [0.25, 0.3) is 0 Å². The van der Waals surface area contributed by atoms with Crippen LogP contribution in [-0.4, -0.2) is 64.7 Å². The molecule has 1 unspecified atom stereocenters. The predicted molar refractivity (Wildman–Crippen MR) is 112 cm³/mol. The Morgan fingerprint density at radius 1 is 0.914 bits per heavy atom. The van der Waals surface area contributed by atoms with Gasteiger partial charge in [0.15, 0.2) is 23.3 Å². The van der Waals surface area contributed by atoms with Gasteiger partial charge < -0.3 is 30.0 Å². The molecule has 1 heterocycles. The van der Waals surface area contributed by atoms with Gasteiger partial charge in [0.05, 0.1) is 62.9 Å². The lowest BCUT2D eigenvalue weighted by atomic mass is 9.84. The fourth-order valence-electron chi connectivity index (χ4n) is 3.43. The van der Waals surface area contributed by atoms with Crippen molar-refractivity contribution in [1.82, 2.24) is 5.32 Å². The highest BCUT2D eigenvalue weighted by atomic mass is 19.2. The van der Waals surface area contributed by atoms with Gasteiger partial charge in [-0.05, 0) is 13.8 Å². The molecule has 0 aromatic heterocycles. The van der Waals surface area contributed by atoms with E-state index in [0.717, 1.165) is 7.11 Å². The summed E-state index contributed by atoms with van der Waals surface area (Å²) >= 11 is 0. The van der Waals surface area contributed by atoms with Crippen LogP contribution in [0.15, 0.2) is 16.8 Å². The first-order chi connectivity index (χ1) is 16.6. The summed E-state index contributed by atoms with van der Waals surface area (Å²) in [4.78, 5) is 25.4. The van der Waals surface area contributed by atoms with Crippen molar-refractivity contribution in [3.8, 4) is 0 Å². The van der Waals surface area contributed by atoms with Gasteiger partial charge >= 0.3 is 11.9 Å². The number of dihydropyridines is 1. The van der Waals surface area contributed by atoms with E-state index in [1.54, 1.807) is 0 Å². The number of carbonyl (C=O) groups excluding carboxylic acids is 2. The number of rotatable bonds is 11. The number of esters is 2. The zero-order valence-electron chi connectivity index (χ0n) is 19.2. The summed E-state index contributed by atoms with van der Waals surface area (Å²) in [5.41, 5.74) is 1.75. The van der Waals surface area contributed by atoms with Crippen LogP contribution >= 0.6 is 0 Å². The molecule has 194 valence electrons. The third kappa shape index (κ3) is 5.97. The molecule has 0 aliphatic carbocycles. The highest BCUT2D eigenvalue weighted by Crippen LogP contribution is 2.39. The van der Waals surface area contributed by atoms with Crippen LogP contribution in [0.5, 0.6) is 0 Å². The van der Waals surface area contributed by atoms with Gasteiger partial charge in [-0.3, -0.25) is 0 Å². The maximum absolute atomic E-state index is 14.9. The second-order valence-electron chi connectivity index (χ2n) is 7.12. The maximum atomic E-state index is 14.9. The van der Waals surface area contributed by atoms with E-state index in [9.17, 15) is 31.5 Å². The number of halogens is 5. The molecule has 1 aromatic carbocycles. The normalized spacial score (nSPS) is 15.9. The lowest BCUT2D eigenvalue weighted by Gasteiger charge is -2.31. The Labute approximate surface area is 197 Å². The molecular weight excluding hydrogens is 483 g/mol. The Bertz CT molecular complexity index is 1010. The van der Waals surface area contributed by atoms with Gasteiger partial charge in [-0.15, -0.1) is 0 Å². The summed E-state index contributed by atoms with van der Waals surface area (Å²) in [7, 11) is 0.944. The van der Waals surface area contributed by atoms with Gasteiger partial charge in [0, 0.05) is 17.8 Å². The maximum Gasteiger partial charge on any atom is 0.340 e. The van der Waals surface area contributed by atoms with E-state index in [4.69, 9.17) is 24.7 Å². The molecular formula is C22H25F5N2O6. The number of nitrogens with two attached hydrogens (primary N) is 1. The highest BCUT2D eigenvalue weighted by Gasteiger charge is 2.40. The molecule has 1 atom stereocenters. The van der Waals surface area contributed by atoms with E-state index in [1.165, 1.54) is 13.8 Å². The van der Waals surface area contributed by atoms with E-state index < -0.39 is 69.3 Å². The number of hydrogen-bond donors (Lipinski definition) is 2. The minimum atomic E-state index is -2.39. The molecule has 0 amide bonds. The summed E-state index contributed by atoms with van der Waals surface area (Å²) < 4.78 is 91.9. The van der Waals surface area contributed by atoms with Crippen LogP contribution in [0.25, 0.3) is 5.57 Å². The molecule has 0 radical (unpaired) electrons. The first-order valence-corrected chi connectivity index (χ1v) is 10.5. The molecule has 0 saturated heterocycles. The molecule has 0 bridgehead atoms. The molecule has 8 nitrogen and oxygen atoms in total. The highest BCUT2D eigenvalue weighted by molar-refractivity contribution is 6.14. The van der Waals surface area contributed by atoms with Crippen molar-refractivity contribution < 1.29 is 50.5 Å². The molecule has 0 saturated carbocycles. The predicted octanol–water partition coefficient (Wildman–Crippen LogP) is 2.11. The molecule has 2 rings (SSSR count). The van der Waals surface area contributed by atoms with E-state index in [-0.39, 0.29) is 45.3 Å². The summed E-state index contributed by atoms with van der Waals surface area (Å²) in [6.45, 7) is 2.97. The van der Waals surface area contributed by atoms with Crippen LogP contribution in [0.3, 0.4) is 0 Å². The molecule has 0 spiro atoms. The number of methoxy groups -OCH3 is 1. The van der Waals surface area contributed by atoms with Crippen LogP contribution in [0.1, 0.15) is 19.4 Å². The topological polar surface area (TPSA) is 109 Å². The zero-order valence-corrected chi connectivity index (χ0v) is 19.2. The van der Waals surface area contributed by atoms with Gasteiger partial charge in [0.1, 0.15) is 0 Å².